The summed E-state index contributed by atoms with van der Waals surface area (Å²) < 4.78 is 5.62. The number of anilines is 1. The maximum atomic E-state index is 12.7. The van der Waals surface area contributed by atoms with Crippen molar-refractivity contribution in [3.05, 3.63) is 46.4 Å². The number of hydrogen-bond acceptors (Lipinski definition) is 4. The second-order valence-corrected chi connectivity index (χ2v) is 6.65. The molecule has 1 aromatic heterocycles. The first-order valence-electron chi connectivity index (χ1n) is 8.28. The van der Waals surface area contributed by atoms with Gasteiger partial charge in [-0.3, -0.25) is 9.78 Å². The molecule has 2 aromatic rings. The van der Waals surface area contributed by atoms with Crippen molar-refractivity contribution in [2.75, 3.05) is 11.9 Å². The van der Waals surface area contributed by atoms with Crippen LogP contribution < -0.4 is 10.1 Å². The number of aryl methyl sites for hydroxylation is 2. The van der Waals surface area contributed by atoms with Crippen LogP contribution >= 0.6 is 11.6 Å². The van der Waals surface area contributed by atoms with Crippen LogP contribution in [0.2, 0.25) is 5.02 Å². The second kappa shape index (κ2) is 6.40. The minimum Gasteiger partial charge on any atom is -0.493 e. The fourth-order valence-corrected chi connectivity index (χ4v) is 3.54. The predicted molar refractivity (Wildman–Crippen MR) is 91.6 cm³/mol. The minimum absolute atomic E-state index is 0.0909. The molecule has 1 amide bonds. The van der Waals surface area contributed by atoms with Crippen LogP contribution in [0, 0.1) is 0 Å². The zero-order valence-corrected chi connectivity index (χ0v) is 14.0. The number of carbonyl (C=O) groups is 1. The molecule has 2 aliphatic rings. The topological polar surface area (TPSA) is 64.1 Å². The summed E-state index contributed by atoms with van der Waals surface area (Å²) in [4.78, 5) is 21.8. The van der Waals surface area contributed by atoms with E-state index in [1.807, 2.05) is 6.07 Å². The molecule has 0 saturated heterocycles. The van der Waals surface area contributed by atoms with E-state index in [4.69, 9.17) is 16.3 Å². The molecule has 5 nitrogen and oxygen atoms in total. The van der Waals surface area contributed by atoms with Crippen molar-refractivity contribution in [1.82, 2.24) is 9.97 Å². The van der Waals surface area contributed by atoms with Gasteiger partial charge in [-0.1, -0.05) is 11.6 Å². The lowest BCUT2D eigenvalue weighted by Crippen LogP contribution is -2.27. The molecule has 4 rings (SSSR count). The van der Waals surface area contributed by atoms with E-state index < -0.39 is 0 Å². The number of carbonyl (C=O) groups excluding carboxylic acids is 1. The largest absolute Gasteiger partial charge is 0.493 e. The maximum absolute atomic E-state index is 12.7. The minimum atomic E-state index is -0.287. The number of benzene rings is 1. The summed E-state index contributed by atoms with van der Waals surface area (Å²) in [6.07, 6.45) is 6.47. The van der Waals surface area contributed by atoms with Gasteiger partial charge in [0.2, 0.25) is 5.91 Å². The first-order chi connectivity index (χ1) is 11.7. The van der Waals surface area contributed by atoms with E-state index in [0.717, 1.165) is 48.4 Å². The molecule has 6 heteroatoms. The van der Waals surface area contributed by atoms with Crippen LogP contribution in [0.15, 0.2) is 24.4 Å². The Kier molecular flexibility index (Phi) is 4.10. The third kappa shape index (κ3) is 2.96. The van der Waals surface area contributed by atoms with Gasteiger partial charge in [-0.2, -0.15) is 0 Å². The first-order valence-corrected chi connectivity index (χ1v) is 8.66. The lowest BCUT2D eigenvalue weighted by molar-refractivity contribution is -0.118. The number of aromatic nitrogens is 2. The van der Waals surface area contributed by atoms with Gasteiger partial charge in [0.25, 0.3) is 0 Å². The Labute approximate surface area is 145 Å². The van der Waals surface area contributed by atoms with Gasteiger partial charge < -0.3 is 10.1 Å². The number of hydrogen-bond donors (Lipinski definition) is 1. The molecule has 1 unspecified atom stereocenters. The van der Waals surface area contributed by atoms with Crippen LogP contribution in [0.25, 0.3) is 0 Å². The van der Waals surface area contributed by atoms with E-state index in [9.17, 15) is 4.79 Å². The highest BCUT2D eigenvalue weighted by molar-refractivity contribution is 6.30. The summed E-state index contributed by atoms with van der Waals surface area (Å²) >= 11 is 6.08. The molecule has 124 valence electrons. The van der Waals surface area contributed by atoms with Crippen LogP contribution in [0.4, 0.5) is 5.82 Å². The van der Waals surface area contributed by atoms with Crippen LogP contribution in [0.1, 0.15) is 42.1 Å². The monoisotopic (exact) mass is 343 g/mol. The molecule has 1 atom stereocenters. The molecule has 0 saturated carbocycles. The molecule has 1 N–H and O–H groups in total. The van der Waals surface area contributed by atoms with Crippen molar-refractivity contribution in [2.24, 2.45) is 0 Å². The van der Waals surface area contributed by atoms with Crippen molar-refractivity contribution in [2.45, 2.75) is 38.0 Å². The molecule has 0 radical (unpaired) electrons. The van der Waals surface area contributed by atoms with Crippen molar-refractivity contribution >= 4 is 23.3 Å². The van der Waals surface area contributed by atoms with Gasteiger partial charge in [-0.15, -0.1) is 0 Å². The van der Waals surface area contributed by atoms with Crippen molar-refractivity contribution < 1.29 is 9.53 Å². The molecule has 0 bridgehead atoms. The number of nitrogens with one attached hydrogen (secondary N) is 1. The number of fused-ring (bicyclic) bond motifs is 2. The number of halogens is 1. The van der Waals surface area contributed by atoms with Gasteiger partial charge in [-0.05, 0) is 50.3 Å². The Bertz CT molecular complexity index is 794. The van der Waals surface area contributed by atoms with Crippen LogP contribution in [0.5, 0.6) is 5.75 Å². The standard InChI is InChI=1S/C18H18ClN3O2/c19-11-5-6-16-13(9-11)12(7-8-24-16)18(23)22-17-10-20-14-3-1-2-4-15(14)21-17/h5-6,9-10,12H,1-4,7-8H2,(H,21,22,23). The summed E-state index contributed by atoms with van der Waals surface area (Å²) in [6, 6.07) is 5.39. The third-order valence-electron chi connectivity index (χ3n) is 4.59. The highest BCUT2D eigenvalue weighted by Gasteiger charge is 2.28. The fourth-order valence-electron chi connectivity index (χ4n) is 3.36. The molecular formula is C18H18ClN3O2. The molecule has 0 spiro atoms. The lowest BCUT2D eigenvalue weighted by atomic mass is 9.92. The number of rotatable bonds is 2. The quantitative estimate of drug-likeness (QED) is 0.906. The smallest absolute Gasteiger partial charge is 0.233 e. The van der Waals surface area contributed by atoms with Crippen molar-refractivity contribution in [1.29, 1.82) is 0 Å². The summed E-state index contributed by atoms with van der Waals surface area (Å²) in [7, 11) is 0. The summed E-state index contributed by atoms with van der Waals surface area (Å²) in [5, 5.41) is 3.51. The summed E-state index contributed by atoms with van der Waals surface area (Å²) in [5.41, 5.74) is 2.90. The SMILES string of the molecule is O=C(Nc1cnc2c(n1)CCCC2)C1CCOc2ccc(Cl)cc21. The van der Waals surface area contributed by atoms with E-state index in [1.165, 1.54) is 0 Å². The van der Waals surface area contributed by atoms with E-state index >= 15 is 0 Å². The first kappa shape index (κ1) is 15.4. The molecule has 1 aliphatic heterocycles. The molecule has 2 heterocycles. The highest BCUT2D eigenvalue weighted by atomic mass is 35.5. The second-order valence-electron chi connectivity index (χ2n) is 6.22. The van der Waals surface area contributed by atoms with E-state index in [0.29, 0.717) is 23.9 Å². The van der Waals surface area contributed by atoms with Crippen molar-refractivity contribution in [3.8, 4) is 5.75 Å². The zero-order chi connectivity index (χ0) is 16.5. The van der Waals surface area contributed by atoms with Gasteiger partial charge in [0, 0.05) is 10.6 Å². The van der Waals surface area contributed by atoms with Crippen LogP contribution in [-0.2, 0) is 17.6 Å². The fraction of sp³-hybridized carbons (Fsp3) is 0.389. The molecule has 1 aromatic carbocycles. The third-order valence-corrected chi connectivity index (χ3v) is 4.82. The Hall–Kier alpha value is -2.14. The Morgan fingerprint density at radius 3 is 2.96 bits per heavy atom. The van der Waals surface area contributed by atoms with Gasteiger partial charge >= 0.3 is 0 Å². The van der Waals surface area contributed by atoms with Gasteiger partial charge in [0.1, 0.15) is 5.75 Å². The zero-order valence-electron chi connectivity index (χ0n) is 13.2. The van der Waals surface area contributed by atoms with Gasteiger partial charge in [0.15, 0.2) is 5.82 Å². The van der Waals surface area contributed by atoms with E-state index in [1.54, 1.807) is 18.3 Å². The van der Waals surface area contributed by atoms with Crippen molar-refractivity contribution in [3.63, 3.8) is 0 Å². The summed E-state index contributed by atoms with van der Waals surface area (Å²) in [5.74, 6) is 0.871. The molecule has 24 heavy (non-hydrogen) atoms. The number of amides is 1. The Balaban J connectivity index is 1.56. The number of nitrogens with zero attached hydrogens (tertiary/aromatic N) is 2. The molecular weight excluding hydrogens is 326 g/mol. The normalized spacial score (nSPS) is 19.0. The molecule has 0 fully saturated rings. The van der Waals surface area contributed by atoms with E-state index in [-0.39, 0.29) is 11.8 Å². The number of ether oxygens (including phenoxy) is 1. The van der Waals surface area contributed by atoms with Gasteiger partial charge in [-0.25, -0.2) is 4.98 Å². The average Bonchev–Trinajstić information content (AvgIpc) is 2.61. The summed E-state index contributed by atoms with van der Waals surface area (Å²) in [6.45, 7) is 0.516. The molecule has 1 aliphatic carbocycles. The van der Waals surface area contributed by atoms with Crippen LogP contribution in [-0.4, -0.2) is 22.5 Å². The van der Waals surface area contributed by atoms with Crippen LogP contribution in [0.3, 0.4) is 0 Å². The average molecular weight is 344 g/mol. The van der Waals surface area contributed by atoms with E-state index in [2.05, 4.69) is 15.3 Å². The predicted octanol–water partition coefficient (Wildman–Crippen LogP) is 3.51. The Morgan fingerprint density at radius 2 is 2.08 bits per heavy atom. The van der Waals surface area contributed by atoms with Gasteiger partial charge in [0.05, 0.1) is 30.1 Å². The highest BCUT2D eigenvalue weighted by Crippen LogP contribution is 2.36. The Morgan fingerprint density at radius 1 is 1.25 bits per heavy atom. The lowest BCUT2D eigenvalue weighted by Gasteiger charge is -2.25. The maximum Gasteiger partial charge on any atom is 0.233 e.